The van der Waals surface area contributed by atoms with E-state index in [0.717, 1.165) is 0 Å². The normalized spacial score (nSPS) is 36.0. The van der Waals surface area contributed by atoms with E-state index in [1.165, 1.54) is 32.4 Å². The van der Waals surface area contributed by atoms with Crippen molar-refractivity contribution in [2.75, 3.05) is 31.8 Å². The predicted octanol–water partition coefficient (Wildman–Crippen LogP) is 2.06. The quantitative estimate of drug-likeness (QED) is 0.206. The Labute approximate surface area is 260 Å². The smallest absolute Gasteiger partial charge is 0.382 e. The zero-order valence-corrected chi connectivity index (χ0v) is 26.7. The van der Waals surface area contributed by atoms with Crippen molar-refractivity contribution in [3.63, 3.8) is 0 Å². The molecule has 3 aliphatic heterocycles. The summed E-state index contributed by atoms with van der Waals surface area (Å²) < 4.78 is 72.6. The first kappa shape index (κ1) is 30.9. The number of hydrogen-bond donors (Lipinski definition) is 3. The lowest BCUT2D eigenvalue weighted by Crippen LogP contribution is -2.47. The van der Waals surface area contributed by atoms with Gasteiger partial charge in [-0.1, -0.05) is 19.2 Å². The summed E-state index contributed by atoms with van der Waals surface area (Å²) in [6.45, 7) is -2.78. The zero-order valence-electron chi connectivity index (χ0n) is 23.9. The number of methoxy groups -OCH3 is 1. The van der Waals surface area contributed by atoms with Gasteiger partial charge in [-0.25, -0.2) is 34.5 Å². The number of nitrogen functional groups attached to an aromatic ring is 2. The Balaban J connectivity index is 1.22. The van der Waals surface area contributed by atoms with Crippen molar-refractivity contribution in [1.29, 1.82) is 0 Å². The average Bonchev–Trinajstić information content (AvgIpc) is 3.79. The zero-order chi connectivity index (χ0) is 31.5. The Hall–Kier alpha value is -2.77. The molecule has 7 heterocycles. The maximum absolute atomic E-state index is 13.8. The standard InChI is InChI=1S/C23H30N10O9P2S/c1-3-23-6-37-43(34)41-12-4-11(39-21(12)32-9-30-13-17(24)26-7-28-19(13)32)5-38-44(35,45)42-16(23)15(36-2)22(40-23)33-10-31-14-18(25)27-8-29-20(14)33/h7-12,15-16,21-22,43H,3-6H2,1-2H3,(H,35,45)(H2,24,26,28)(H2,25,27,29)/t11-,12+,15+,16-,21+,22+,23+,44?/m0/s1. The molecule has 4 aromatic rings. The van der Waals surface area contributed by atoms with E-state index < -0.39 is 57.5 Å². The number of nitrogens with two attached hydrogens (primary N) is 2. The van der Waals surface area contributed by atoms with Crippen LogP contribution in [0.4, 0.5) is 11.6 Å². The minimum Gasteiger partial charge on any atom is -0.382 e. The highest BCUT2D eigenvalue weighted by atomic mass is 32.7. The molecule has 0 aliphatic carbocycles. The SMILES string of the molecule is CC[C@@]12CO[PH](=O)O[C@@H]3C[C@@H](COP(=O)(S)O[C@H]1[C@@H](OC)[C@H](n1cnc4c(N)ncnc41)O2)O[C@H]3n1cnc2c(N)ncnc21. The van der Waals surface area contributed by atoms with Gasteiger partial charge < -0.3 is 34.7 Å². The molecule has 0 radical (unpaired) electrons. The number of rotatable bonds is 4. The number of anilines is 2. The van der Waals surface area contributed by atoms with E-state index in [1.807, 2.05) is 6.92 Å². The van der Waals surface area contributed by atoms with E-state index in [9.17, 15) is 9.13 Å². The number of nitrogens with zero attached hydrogens (tertiary/aromatic N) is 8. The van der Waals surface area contributed by atoms with Crippen molar-refractivity contribution >= 4 is 61.3 Å². The summed E-state index contributed by atoms with van der Waals surface area (Å²) in [5.74, 6) is 0.362. The molecule has 242 valence electrons. The number of fused-ring (bicyclic) bond motifs is 5. The van der Waals surface area contributed by atoms with Crippen LogP contribution in [0.3, 0.4) is 0 Å². The third-order valence-electron chi connectivity index (χ3n) is 8.14. The van der Waals surface area contributed by atoms with E-state index in [0.29, 0.717) is 22.3 Å². The Morgan fingerprint density at radius 2 is 1.71 bits per heavy atom. The Bertz CT molecular complexity index is 1810. The lowest BCUT2D eigenvalue weighted by Gasteiger charge is -2.34. The molecule has 7 rings (SSSR count). The van der Waals surface area contributed by atoms with E-state index in [1.54, 1.807) is 9.13 Å². The summed E-state index contributed by atoms with van der Waals surface area (Å²) >= 11 is 4.29. The summed E-state index contributed by atoms with van der Waals surface area (Å²) in [7, 11) is -1.73. The molecule has 3 aliphatic rings. The molecule has 3 saturated heterocycles. The van der Waals surface area contributed by atoms with Gasteiger partial charge >= 0.3 is 15.1 Å². The van der Waals surface area contributed by atoms with Gasteiger partial charge in [0, 0.05) is 13.5 Å². The van der Waals surface area contributed by atoms with Gasteiger partial charge in [-0.3, -0.25) is 22.7 Å². The Morgan fingerprint density at radius 3 is 2.33 bits per heavy atom. The van der Waals surface area contributed by atoms with Crippen LogP contribution in [-0.2, 0) is 41.4 Å². The highest BCUT2D eigenvalue weighted by Crippen LogP contribution is 2.59. The Kier molecular flexibility index (Phi) is 8.09. The van der Waals surface area contributed by atoms with Crippen LogP contribution in [-0.4, -0.2) is 89.4 Å². The van der Waals surface area contributed by atoms with Gasteiger partial charge in [0.05, 0.1) is 32.0 Å². The van der Waals surface area contributed by atoms with E-state index in [-0.39, 0.29) is 37.7 Å². The van der Waals surface area contributed by atoms with Gasteiger partial charge in [-0.2, -0.15) is 0 Å². The molecule has 45 heavy (non-hydrogen) atoms. The highest BCUT2D eigenvalue weighted by Gasteiger charge is 2.59. The minimum atomic E-state index is -4.10. The number of hydrogen-bond acceptors (Lipinski definition) is 17. The molecule has 0 saturated carbocycles. The molecule has 2 unspecified atom stereocenters. The lowest BCUT2D eigenvalue weighted by atomic mass is 9.93. The number of ether oxygens (including phenoxy) is 3. The molecule has 9 atom stereocenters. The van der Waals surface area contributed by atoms with Crippen molar-refractivity contribution in [3.05, 3.63) is 25.3 Å². The van der Waals surface area contributed by atoms with Crippen LogP contribution in [0.2, 0.25) is 0 Å². The summed E-state index contributed by atoms with van der Waals surface area (Å²) in [5.41, 5.74) is 12.1. The summed E-state index contributed by atoms with van der Waals surface area (Å²) in [6, 6.07) is 0. The van der Waals surface area contributed by atoms with Gasteiger partial charge in [0.1, 0.15) is 47.6 Å². The predicted molar refractivity (Wildman–Crippen MR) is 159 cm³/mol. The van der Waals surface area contributed by atoms with Crippen molar-refractivity contribution in [2.24, 2.45) is 0 Å². The van der Waals surface area contributed by atoms with Crippen LogP contribution in [0.15, 0.2) is 25.3 Å². The molecule has 0 spiro atoms. The van der Waals surface area contributed by atoms with Crippen molar-refractivity contribution in [1.82, 2.24) is 39.0 Å². The Morgan fingerprint density at radius 1 is 1.07 bits per heavy atom. The van der Waals surface area contributed by atoms with Crippen LogP contribution < -0.4 is 11.5 Å². The summed E-state index contributed by atoms with van der Waals surface area (Å²) in [6.07, 6.45) is 0.796. The first-order valence-electron chi connectivity index (χ1n) is 13.8. The van der Waals surface area contributed by atoms with E-state index in [2.05, 4.69) is 42.2 Å². The maximum atomic E-state index is 13.8. The van der Waals surface area contributed by atoms with Crippen molar-refractivity contribution in [2.45, 2.75) is 62.2 Å². The van der Waals surface area contributed by atoms with E-state index >= 15 is 0 Å². The maximum Gasteiger partial charge on any atom is 0.386 e. The fourth-order valence-electron chi connectivity index (χ4n) is 5.91. The van der Waals surface area contributed by atoms with Crippen LogP contribution in [0.1, 0.15) is 32.2 Å². The highest BCUT2D eigenvalue weighted by molar-refractivity contribution is 8.44. The molecular formula is C23H30N10O9P2S. The third kappa shape index (κ3) is 5.42. The average molecular weight is 685 g/mol. The van der Waals surface area contributed by atoms with Crippen molar-refractivity contribution in [3.8, 4) is 0 Å². The van der Waals surface area contributed by atoms with Crippen LogP contribution in [0, 0.1) is 0 Å². The molecule has 4 aromatic heterocycles. The van der Waals surface area contributed by atoms with Crippen LogP contribution >= 0.6 is 27.3 Å². The summed E-state index contributed by atoms with van der Waals surface area (Å²) in [4.78, 5) is 25.1. The number of thiol groups is 1. The van der Waals surface area contributed by atoms with Gasteiger partial charge in [-0.15, -0.1) is 0 Å². The third-order valence-corrected chi connectivity index (χ3v) is 10.6. The largest absolute Gasteiger partial charge is 0.386 e. The molecule has 0 aromatic carbocycles. The topological polar surface area (TPSA) is 238 Å². The molecule has 22 heteroatoms. The minimum absolute atomic E-state index is 0.178. The van der Waals surface area contributed by atoms with Gasteiger partial charge in [0.15, 0.2) is 35.4 Å². The number of imidazole rings is 2. The second-order valence-electron chi connectivity index (χ2n) is 10.7. The molecule has 0 amide bonds. The van der Waals surface area contributed by atoms with Crippen LogP contribution in [0.5, 0.6) is 0 Å². The summed E-state index contributed by atoms with van der Waals surface area (Å²) in [5, 5.41) is 0. The van der Waals surface area contributed by atoms with Crippen molar-refractivity contribution < 1.29 is 41.4 Å². The lowest BCUT2D eigenvalue weighted by molar-refractivity contribution is -0.123. The second-order valence-corrected chi connectivity index (χ2v) is 14.6. The fraction of sp³-hybridized carbons (Fsp3) is 0.565. The molecular weight excluding hydrogens is 654 g/mol. The van der Waals surface area contributed by atoms with E-state index in [4.69, 9.17) is 43.8 Å². The fourth-order valence-corrected chi connectivity index (χ4v) is 8.32. The number of aromatic nitrogens is 8. The van der Waals surface area contributed by atoms with Crippen LogP contribution in [0.25, 0.3) is 22.3 Å². The van der Waals surface area contributed by atoms with Gasteiger partial charge in [0.2, 0.25) is 0 Å². The molecule has 4 N–H and O–H groups in total. The molecule has 3 fully saturated rings. The molecule has 2 bridgehead atoms. The first-order valence-corrected chi connectivity index (χ1v) is 17.8. The second kappa shape index (κ2) is 11.8. The van der Waals surface area contributed by atoms with Gasteiger partial charge in [0.25, 0.3) is 0 Å². The monoisotopic (exact) mass is 684 g/mol. The molecule has 19 nitrogen and oxygen atoms in total. The first-order chi connectivity index (χ1) is 21.6. The van der Waals surface area contributed by atoms with Gasteiger partial charge in [-0.05, 0) is 6.42 Å².